The van der Waals surface area contributed by atoms with E-state index in [1.54, 1.807) is 4.90 Å². The van der Waals surface area contributed by atoms with E-state index in [-0.39, 0.29) is 6.09 Å². The molecule has 0 radical (unpaired) electrons. The lowest BCUT2D eigenvalue weighted by molar-refractivity contribution is 0.0675. The summed E-state index contributed by atoms with van der Waals surface area (Å²) in [4.78, 5) is 13.0. The average Bonchev–Trinajstić information content (AvgIpc) is 2.09. The van der Waals surface area contributed by atoms with Gasteiger partial charge >= 0.3 is 6.09 Å². The van der Waals surface area contributed by atoms with E-state index >= 15 is 0 Å². The molecule has 1 N–H and O–H groups in total. The minimum absolute atomic E-state index is 0.158. The van der Waals surface area contributed by atoms with E-state index in [1.165, 1.54) is 0 Å². The van der Waals surface area contributed by atoms with Gasteiger partial charge in [0.1, 0.15) is 0 Å². The summed E-state index contributed by atoms with van der Waals surface area (Å²) in [5.41, 5.74) is 0. The molecule has 1 aliphatic heterocycles. The van der Waals surface area contributed by atoms with Crippen molar-refractivity contribution < 1.29 is 9.53 Å². The number of nitrogens with zero attached hydrogens (tertiary/aromatic N) is 1. The molecule has 0 aromatic rings. The Kier molecular flexibility index (Phi) is 4.02. The molecule has 0 aromatic carbocycles. The summed E-state index contributed by atoms with van der Waals surface area (Å²) >= 11 is 0. The van der Waals surface area contributed by atoms with Crippen molar-refractivity contribution >= 4 is 6.09 Å². The summed E-state index contributed by atoms with van der Waals surface area (Å²) in [6, 6.07) is 0. The fourth-order valence-corrected chi connectivity index (χ4v) is 1.55. The predicted octanol–water partition coefficient (Wildman–Crippen LogP) is 0.684. The topological polar surface area (TPSA) is 41.6 Å². The first-order valence-corrected chi connectivity index (χ1v) is 4.80. The highest BCUT2D eigenvalue weighted by atomic mass is 16.6. The maximum absolute atomic E-state index is 11.2. The molecule has 0 aromatic heterocycles. The second-order valence-electron chi connectivity index (χ2n) is 3.58. The van der Waals surface area contributed by atoms with Crippen LogP contribution in [0.4, 0.5) is 4.79 Å². The van der Waals surface area contributed by atoms with Gasteiger partial charge < -0.3 is 15.0 Å². The first kappa shape index (κ1) is 10.3. The zero-order valence-corrected chi connectivity index (χ0v) is 8.38. The van der Waals surface area contributed by atoms with Crippen molar-refractivity contribution in [3.8, 4) is 0 Å². The van der Waals surface area contributed by atoms with E-state index in [0.717, 1.165) is 26.1 Å². The Hall–Kier alpha value is -0.770. The molecule has 1 rings (SSSR count). The first-order chi connectivity index (χ1) is 6.24. The van der Waals surface area contributed by atoms with Crippen LogP contribution in [-0.4, -0.2) is 44.3 Å². The Balaban J connectivity index is 2.29. The number of hydrogen-bond acceptors (Lipinski definition) is 3. The third kappa shape index (κ3) is 3.22. The molecule has 0 aliphatic carbocycles. The van der Waals surface area contributed by atoms with Gasteiger partial charge in [-0.1, -0.05) is 6.92 Å². The van der Waals surface area contributed by atoms with Gasteiger partial charge in [0.25, 0.3) is 0 Å². The molecule has 1 unspecified atom stereocenters. The molecule has 1 heterocycles. The largest absolute Gasteiger partial charge is 0.449 e. The molecular formula is C9H18N2O2. The summed E-state index contributed by atoms with van der Waals surface area (Å²) in [6.45, 7) is 5.27. The van der Waals surface area contributed by atoms with E-state index in [1.807, 2.05) is 7.05 Å². The van der Waals surface area contributed by atoms with Gasteiger partial charge in [0.05, 0.1) is 6.61 Å². The zero-order chi connectivity index (χ0) is 9.68. The van der Waals surface area contributed by atoms with Crippen molar-refractivity contribution in [1.82, 2.24) is 10.2 Å². The normalized spacial score (nSPS) is 19.8. The third-order valence-electron chi connectivity index (χ3n) is 2.14. The van der Waals surface area contributed by atoms with Gasteiger partial charge in [-0.2, -0.15) is 0 Å². The lowest BCUT2D eigenvalue weighted by atomic mass is 10.1. The number of ether oxygens (including phenoxy) is 1. The molecule has 1 atom stereocenters. The molecule has 4 nitrogen and oxygen atoms in total. The first-order valence-electron chi connectivity index (χ1n) is 4.80. The van der Waals surface area contributed by atoms with Crippen molar-refractivity contribution in [1.29, 1.82) is 0 Å². The zero-order valence-electron chi connectivity index (χ0n) is 8.38. The average molecular weight is 186 g/mol. The van der Waals surface area contributed by atoms with Crippen LogP contribution >= 0.6 is 0 Å². The molecule has 1 fully saturated rings. The minimum Gasteiger partial charge on any atom is -0.449 e. The Bertz CT molecular complexity index is 173. The highest BCUT2D eigenvalue weighted by Gasteiger charge is 2.20. The van der Waals surface area contributed by atoms with Gasteiger partial charge in [0.15, 0.2) is 0 Å². The van der Waals surface area contributed by atoms with Gasteiger partial charge in [-0.3, -0.25) is 0 Å². The van der Waals surface area contributed by atoms with E-state index in [4.69, 9.17) is 4.74 Å². The van der Waals surface area contributed by atoms with Crippen molar-refractivity contribution in [2.75, 3.05) is 33.3 Å². The second-order valence-corrected chi connectivity index (χ2v) is 3.58. The van der Waals surface area contributed by atoms with E-state index in [2.05, 4.69) is 12.2 Å². The van der Waals surface area contributed by atoms with Crippen LogP contribution in [-0.2, 0) is 4.74 Å². The Morgan fingerprint density at radius 1 is 1.69 bits per heavy atom. The summed E-state index contributed by atoms with van der Waals surface area (Å²) in [7, 11) is 1.92. The van der Waals surface area contributed by atoms with Crippen LogP contribution in [0.5, 0.6) is 0 Å². The van der Waals surface area contributed by atoms with Crippen molar-refractivity contribution in [2.45, 2.75) is 13.3 Å². The predicted molar refractivity (Wildman–Crippen MR) is 50.6 cm³/mol. The summed E-state index contributed by atoms with van der Waals surface area (Å²) in [6.07, 6.45) is 0.798. The molecule has 1 aliphatic rings. The number of nitrogens with one attached hydrogen (secondary N) is 1. The van der Waals surface area contributed by atoms with Crippen LogP contribution in [0, 0.1) is 5.92 Å². The minimum atomic E-state index is -0.158. The molecule has 4 heteroatoms. The SMILES string of the molecule is CNCC(C)CN1CCCOC1=O. The molecule has 0 bridgehead atoms. The Morgan fingerprint density at radius 3 is 3.08 bits per heavy atom. The standard InChI is InChI=1S/C9H18N2O2/c1-8(6-10-2)7-11-4-3-5-13-9(11)12/h8,10H,3-7H2,1-2H3. The molecule has 76 valence electrons. The van der Waals surface area contributed by atoms with Gasteiger partial charge in [0, 0.05) is 13.1 Å². The van der Waals surface area contributed by atoms with E-state index in [0.29, 0.717) is 12.5 Å². The maximum atomic E-state index is 11.2. The van der Waals surface area contributed by atoms with Crippen LogP contribution in [0.2, 0.25) is 0 Å². The monoisotopic (exact) mass is 186 g/mol. The highest BCUT2D eigenvalue weighted by Crippen LogP contribution is 2.07. The van der Waals surface area contributed by atoms with Crippen LogP contribution in [0.25, 0.3) is 0 Å². The summed E-state index contributed by atoms with van der Waals surface area (Å²) in [5, 5.41) is 3.09. The smallest absolute Gasteiger partial charge is 0.409 e. The molecule has 1 amide bonds. The van der Waals surface area contributed by atoms with Crippen LogP contribution in [0.15, 0.2) is 0 Å². The highest BCUT2D eigenvalue weighted by molar-refractivity contribution is 5.68. The van der Waals surface area contributed by atoms with Crippen molar-refractivity contribution in [3.05, 3.63) is 0 Å². The van der Waals surface area contributed by atoms with Gasteiger partial charge in [-0.25, -0.2) is 4.79 Å². The molecule has 0 spiro atoms. The van der Waals surface area contributed by atoms with Crippen molar-refractivity contribution in [3.63, 3.8) is 0 Å². The molecule has 0 saturated carbocycles. The molecule has 13 heavy (non-hydrogen) atoms. The lowest BCUT2D eigenvalue weighted by Gasteiger charge is -2.28. The molecular weight excluding hydrogens is 168 g/mol. The molecule has 1 saturated heterocycles. The fraction of sp³-hybridized carbons (Fsp3) is 0.889. The lowest BCUT2D eigenvalue weighted by Crippen LogP contribution is -2.41. The van der Waals surface area contributed by atoms with Crippen LogP contribution in [0.3, 0.4) is 0 Å². The number of rotatable bonds is 4. The number of cyclic esters (lactones) is 1. The number of carbonyl (C=O) groups excluding carboxylic acids is 1. The maximum Gasteiger partial charge on any atom is 0.409 e. The van der Waals surface area contributed by atoms with Gasteiger partial charge in [-0.05, 0) is 25.9 Å². The van der Waals surface area contributed by atoms with E-state index in [9.17, 15) is 4.79 Å². The fourth-order valence-electron chi connectivity index (χ4n) is 1.55. The Morgan fingerprint density at radius 2 is 2.46 bits per heavy atom. The number of hydrogen-bond donors (Lipinski definition) is 1. The third-order valence-corrected chi connectivity index (χ3v) is 2.14. The van der Waals surface area contributed by atoms with Gasteiger partial charge in [0.2, 0.25) is 0 Å². The van der Waals surface area contributed by atoms with Gasteiger partial charge in [-0.15, -0.1) is 0 Å². The van der Waals surface area contributed by atoms with Crippen LogP contribution < -0.4 is 5.32 Å². The Labute approximate surface area is 79.2 Å². The number of amides is 1. The summed E-state index contributed by atoms with van der Waals surface area (Å²) < 4.78 is 4.94. The van der Waals surface area contributed by atoms with Crippen LogP contribution in [0.1, 0.15) is 13.3 Å². The number of carbonyl (C=O) groups is 1. The summed E-state index contributed by atoms with van der Waals surface area (Å²) in [5.74, 6) is 0.482. The quantitative estimate of drug-likeness (QED) is 0.702. The van der Waals surface area contributed by atoms with Crippen molar-refractivity contribution in [2.24, 2.45) is 5.92 Å². The second kappa shape index (κ2) is 5.07. The van der Waals surface area contributed by atoms with E-state index < -0.39 is 0 Å².